The normalized spacial score (nSPS) is 11.4. The Morgan fingerprint density at radius 1 is 0.438 bits per heavy atom. The van der Waals surface area contributed by atoms with Crippen molar-refractivity contribution in [3.05, 3.63) is 123 Å². The Kier molecular flexibility index (Phi) is 13.7. The van der Waals surface area contributed by atoms with Gasteiger partial charge in [0, 0.05) is 14.2 Å². The number of methoxy groups -OCH3 is 2. The van der Waals surface area contributed by atoms with E-state index in [1.165, 1.54) is 6.07 Å². The number of hydrogen-bond acceptors (Lipinski definition) is 2. The zero-order valence-corrected chi connectivity index (χ0v) is 26.7. The Morgan fingerprint density at radius 3 is 0.875 bits per heavy atom. The van der Waals surface area contributed by atoms with E-state index in [4.69, 9.17) is 0 Å². The van der Waals surface area contributed by atoms with Crippen LogP contribution in [0.15, 0.2) is 30.3 Å². The first-order valence-electron chi connectivity index (χ1n) is 12.7. The fraction of sp³-hybridized carbons (Fsp3) is 0.172. The van der Waals surface area contributed by atoms with Gasteiger partial charge in [-0.15, -0.1) is 22.7 Å². The van der Waals surface area contributed by atoms with E-state index in [-0.39, 0.29) is 35.8 Å². The quantitative estimate of drug-likeness (QED) is 0.0958. The zero-order chi connectivity index (χ0) is 35.7. The van der Waals surface area contributed by atoms with Gasteiger partial charge in [-0.2, -0.15) is 0 Å². The van der Waals surface area contributed by atoms with Crippen LogP contribution in [0.2, 0.25) is 0 Å². The summed E-state index contributed by atoms with van der Waals surface area (Å²) in [5, 5.41) is 0. The average Bonchev–Trinajstić information content (AvgIpc) is 3.06. The molecule has 0 aromatic heterocycles. The molecule has 19 heteroatoms. The molecule has 4 rings (SSSR count). The van der Waals surface area contributed by atoms with E-state index in [2.05, 4.69) is 9.47 Å². The molecule has 0 aliphatic carbocycles. The third-order valence-corrected chi connectivity index (χ3v) is 7.26. The van der Waals surface area contributed by atoms with Crippen molar-refractivity contribution < 1.29 is 105 Å². The molecule has 0 spiro atoms. The van der Waals surface area contributed by atoms with Crippen molar-refractivity contribution in [1.29, 1.82) is 0 Å². The summed E-state index contributed by atoms with van der Waals surface area (Å²) < 4.78 is 230. The third kappa shape index (κ3) is 6.95. The Labute approximate surface area is 283 Å². The minimum absolute atomic E-state index is 0. The van der Waals surface area contributed by atoms with E-state index in [0.717, 1.165) is 24.3 Å². The number of halogens is 15. The maximum absolute atomic E-state index is 15.3. The first kappa shape index (κ1) is 41.0. The first-order valence-corrected chi connectivity index (χ1v) is 12.7. The van der Waals surface area contributed by atoms with Gasteiger partial charge in [0.2, 0.25) is 0 Å². The maximum atomic E-state index is 15.3. The van der Waals surface area contributed by atoms with Gasteiger partial charge in [0.15, 0.2) is 58.6 Å². The second-order valence-electron chi connectivity index (χ2n) is 9.72. The van der Waals surface area contributed by atoms with Crippen LogP contribution in [0.25, 0.3) is 0 Å². The molecule has 0 unspecified atom stereocenters. The van der Waals surface area contributed by atoms with Crippen LogP contribution >= 0.6 is 0 Å². The Morgan fingerprint density at radius 2 is 0.667 bits per heavy atom. The van der Waals surface area contributed by atoms with Gasteiger partial charge in [0.1, 0.15) is 41.0 Å². The Balaban J connectivity index is 0.00000105. The molecule has 0 heterocycles. The van der Waals surface area contributed by atoms with Gasteiger partial charge >= 0.3 is 29.6 Å². The topological polar surface area (TPSA) is 18.5 Å². The summed E-state index contributed by atoms with van der Waals surface area (Å²) in [5.74, 6) is -45.2. The molecule has 48 heavy (non-hydrogen) atoms. The van der Waals surface area contributed by atoms with E-state index < -0.39 is 122 Å². The summed E-state index contributed by atoms with van der Waals surface area (Å²) in [7, 11) is 3.21. The molecule has 0 atom stereocenters. The van der Waals surface area contributed by atoms with Crippen molar-refractivity contribution in [3.8, 4) is 0 Å². The maximum Gasteiger partial charge on any atom is 1.00 e. The molecule has 0 saturated heterocycles. The van der Waals surface area contributed by atoms with E-state index in [9.17, 15) is 39.5 Å². The first-order chi connectivity index (χ1) is 21.9. The minimum atomic E-state index is -5.59. The van der Waals surface area contributed by atoms with E-state index in [1.54, 1.807) is 14.2 Å². The van der Waals surface area contributed by atoms with Gasteiger partial charge in [-0.05, 0) is 6.92 Å². The van der Waals surface area contributed by atoms with Crippen LogP contribution in [0.1, 0.15) is 12.5 Å². The van der Waals surface area contributed by atoms with Crippen LogP contribution in [0, 0.1) is 87.3 Å². The summed E-state index contributed by atoms with van der Waals surface area (Å²) in [6.45, 7) is 1.83. The molecule has 0 fully saturated rings. The predicted octanol–water partition coefficient (Wildman–Crippen LogP) is 3.65. The monoisotopic (exact) mass is 716 g/mol. The number of ether oxygens (including phenoxy) is 2. The van der Waals surface area contributed by atoms with Gasteiger partial charge in [0.25, 0.3) is 0 Å². The summed E-state index contributed by atoms with van der Waals surface area (Å²) in [6, 6.07) is 4.94. The van der Waals surface area contributed by atoms with Crippen LogP contribution in [0.3, 0.4) is 0 Å². The predicted molar refractivity (Wildman–Crippen MR) is 137 cm³/mol. The van der Waals surface area contributed by atoms with Gasteiger partial charge in [-0.3, -0.25) is 0 Å². The molecule has 4 aromatic carbocycles. The van der Waals surface area contributed by atoms with Crippen molar-refractivity contribution in [3.63, 3.8) is 0 Å². The van der Waals surface area contributed by atoms with Crippen LogP contribution < -0.4 is 45.9 Å². The third-order valence-electron chi connectivity index (χ3n) is 7.26. The van der Waals surface area contributed by atoms with E-state index in [1.807, 2.05) is 6.92 Å². The molecule has 0 N–H and O–H groups in total. The number of benzene rings is 4. The average molecular weight is 716 g/mol. The van der Waals surface area contributed by atoms with Crippen molar-refractivity contribution in [2.75, 3.05) is 14.2 Å². The molecule has 0 radical (unpaired) electrons. The van der Waals surface area contributed by atoms with Gasteiger partial charge in [0.05, 0.1) is 0 Å². The van der Waals surface area contributed by atoms with Crippen molar-refractivity contribution in [2.45, 2.75) is 19.5 Å². The molecular formula is C29H17BF15NaO2. The molecule has 4 aromatic rings. The summed E-state index contributed by atoms with van der Waals surface area (Å²) in [5.41, 5.74) is -8.49. The molecule has 0 amide bonds. The van der Waals surface area contributed by atoms with Crippen molar-refractivity contribution in [2.24, 2.45) is 0 Å². The molecule has 0 aliphatic rings. The minimum Gasteiger partial charge on any atom is -0.356 e. The fourth-order valence-electron chi connectivity index (χ4n) is 4.97. The zero-order valence-electron chi connectivity index (χ0n) is 24.7. The molecular weight excluding hydrogens is 699 g/mol. The number of hydrogen-bond donors (Lipinski definition) is 0. The SMILES string of the molecule is COC(C)OC.Fc1c(F)c(F)c([B-](Cc2ccccc2)(c2c(F)c(F)c(F)c(F)c2F)c2c(F)c(F)c(F)c(F)c2F)c(F)c1F.[Na+]. The van der Waals surface area contributed by atoms with Gasteiger partial charge in [-0.1, -0.05) is 35.9 Å². The number of rotatable bonds is 7. The van der Waals surface area contributed by atoms with Crippen molar-refractivity contribution >= 4 is 22.5 Å². The van der Waals surface area contributed by atoms with Crippen molar-refractivity contribution in [1.82, 2.24) is 0 Å². The molecule has 254 valence electrons. The fourth-order valence-corrected chi connectivity index (χ4v) is 4.97. The smallest absolute Gasteiger partial charge is 0.356 e. The molecule has 0 aliphatic heterocycles. The second kappa shape index (κ2) is 16.0. The largest absolute Gasteiger partial charge is 1.00 e. The van der Waals surface area contributed by atoms with Crippen LogP contribution in [0.4, 0.5) is 65.9 Å². The van der Waals surface area contributed by atoms with Crippen LogP contribution in [0.5, 0.6) is 0 Å². The Bertz CT molecular complexity index is 1570. The van der Waals surface area contributed by atoms with Crippen LogP contribution in [-0.2, 0) is 15.8 Å². The van der Waals surface area contributed by atoms with Gasteiger partial charge < -0.3 is 9.47 Å². The van der Waals surface area contributed by atoms with Gasteiger partial charge in [-0.25, -0.2) is 65.9 Å². The summed E-state index contributed by atoms with van der Waals surface area (Å²) >= 11 is 0. The molecule has 0 saturated carbocycles. The summed E-state index contributed by atoms with van der Waals surface area (Å²) in [4.78, 5) is 0. The standard InChI is InChI=1S/C25H7BF15.C4H10O2.Na/c27-11-8(12(28)18(34)23(39)17(11)33)26(6-7-4-2-1-3-5-7,9-13(29)19(35)24(40)20(36)14(9)30)10-15(31)21(37)25(41)22(38)16(10)32;1-4(5-2)6-3;/h1-5H,6H2;4H,1-3H3;/q-1;;+1. The molecule has 0 bridgehead atoms. The second-order valence-corrected chi connectivity index (χ2v) is 9.72. The Hall–Kier alpha value is -3.19. The van der Waals surface area contributed by atoms with E-state index >= 15 is 26.3 Å². The summed E-state index contributed by atoms with van der Waals surface area (Å²) in [6.07, 6.45) is -7.48. The van der Waals surface area contributed by atoms with Crippen LogP contribution in [-0.4, -0.2) is 26.7 Å². The molecule has 2 nitrogen and oxygen atoms in total. The van der Waals surface area contributed by atoms with E-state index in [0.29, 0.717) is 0 Å².